The summed E-state index contributed by atoms with van der Waals surface area (Å²) in [6.45, 7) is 0. The Morgan fingerprint density at radius 2 is 1.77 bits per heavy atom. The van der Waals surface area contributed by atoms with Gasteiger partial charge in [0, 0.05) is 23.8 Å². The Morgan fingerprint density at radius 3 is 2.46 bits per heavy atom. The Hall–Kier alpha value is -3.13. The molecule has 0 N–H and O–H groups in total. The van der Waals surface area contributed by atoms with E-state index in [9.17, 15) is 0 Å². The van der Waals surface area contributed by atoms with Gasteiger partial charge in [0.2, 0.25) is 5.16 Å². The summed E-state index contributed by atoms with van der Waals surface area (Å²) in [5.41, 5.74) is 3.18. The Balaban J connectivity index is 1.46. The zero-order chi connectivity index (χ0) is 17.8. The van der Waals surface area contributed by atoms with Gasteiger partial charge in [0.1, 0.15) is 5.75 Å². The molecule has 26 heavy (non-hydrogen) atoms. The fourth-order valence-corrected chi connectivity index (χ4v) is 3.33. The third kappa shape index (κ3) is 3.45. The Morgan fingerprint density at radius 1 is 1.00 bits per heavy atom. The van der Waals surface area contributed by atoms with E-state index in [1.54, 1.807) is 36.1 Å². The minimum atomic E-state index is 0.744. The van der Waals surface area contributed by atoms with Gasteiger partial charge in [-0.05, 0) is 52.4 Å². The number of rotatable bonds is 6. The number of imidazole rings is 1. The molecule has 0 spiro atoms. The van der Waals surface area contributed by atoms with Crippen molar-refractivity contribution in [2.24, 2.45) is 0 Å². The fourth-order valence-electron chi connectivity index (χ4n) is 2.48. The minimum absolute atomic E-state index is 0.744. The second kappa shape index (κ2) is 7.40. The summed E-state index contributed by atoms with van der Waals surface area (Å²) in [7, 11) is 1.64. The van der Waals surface area contributed by atoms with Crippen LogP contribution in [0.2, 0.25) is 0 Å². The SMILES string of the molecule is COc1ccc(-n2nnnc2SCc2ccc(-n3ccnc3)cc2)cc1. The van der Waals surface area contributed by atoms with E-state index in [1.165, 1.54) is 5.56 Å². The number of nitrogens with zero attached hydrogens (tertiary/aromatic N) is 6. The second-order valence-electron chi connectivity index (χ2n) is 5.50. The summed E-state index contributed by atoms with van der Waals surface area (Å²) in [5.74, 6) is 1.58. The molecule has 0 aliphatic heterocycles. The van der Waals surface area contributed by atoms with Crippen molar-refractivity contribution in [2.75, 3.05) is 7.11 Å². The molecule has 7 nitrogen and oxygen atoms in total. The summed E-state index contributed by atoms with van der Waals surface area (Å²) < 4.78 is 8.89. The van der Waals surface area contributed by atoms with Crippen LogP contribution in [0.1, 0.15) is 5.56 Å². The van der Waals surface area contributed by atoms with Crippen LogP contribution in [0.4, 0.5) is 0 Å². The molecule has 4 rings (SSSR count). The Kier molecular flexibility index (Phi) is 4.65. The normalized spacial score (nSPS) is 10.8. The molecule has 0 aliphatic rings. The zero-order valence-corrected chi connectivity index (χ0v) is 14.9. The number of ether oxygens (including phenoxy) is 1. The zero-order valence-electron chi connectivity index (χ0n) is 14.1. The van der Waals surface area contributed by atoms with Gasteiger partial charge in [0.25, 0.3) is 0 Å². The number of aromatic nitrogens is 6. The minimum Gasteiger partial charge on any atom is -0.497 e. The lowest BCUT2D eigenvalue weighted by Gasteiger charge is -2.06. The van der Waals surface area contributed by atoms with Gasteiger partial charge in [0.05, 0.1) is 19.1 Å². The first-order valence-electron chi connectivity index (χ1n) is 7.96. The second-order valence-corrected chi connectivity index (χ2v) is 6.44. The van der Waals surface area contributed by atoms with Crippen molar-refractivity contribution >= 4 is 11.8 Å². The highest BCUT2D eigenvalue weighted by molar-refractivity contribution is 7.98. The van der Waals surface area contributed by atoms with Crippen LogP contribution in [-0.2, 0) is 5.75 Å². The summed E-state index contributed by atoms with van der Waals surface area (Å²) in [5, 5.41) is 12.8. The van der Waals surface area contributed by atoms with Gasteiger partial charge in [-0.3, -0.25) is 0 Å². The predicted octanol–water partition coefficient (Wildman–Crippen LogP) is 3.15. The van der Waals surface area contributed by atoms with Gasteiger partial charge >= 0.3 is 0 Å². The largest absolute Gasteiger partial charge is 0.497 e. The lowest BCUT2D eigenvalue weighted by atomic mass is 10.2. The molecular weight excluding hydrogens is 348 g/mol. The first-order valence-corrected chi connectivity index (χ1v) is 8.95. The quantitative estimate of drug-likeness (QED) is 0.490. The van der Waals surface area contributed by atoms with Crippen LogP contribution in [-0.4, -0.2) is 36.9 Å². The van der Waals surface area contributed by atoms with Gasteiger partial charge < -0.3 is 9.30 Å². The van der Waals surface area contributed by atoms with Gasteiger partial charge in [-0.25, -0.2) is 4.98 Å². The molecule has 0 aliphatic carbocycles. The molecule has 2 aromatic heterocycles. The number of tetrazole rings is 1. The molecule has 2 aromatic carbocycles. The molecule has 0 radical (unpaired) electrons. The molecular formula is C18H16N6OS. The first kappa shape index (κ1) is 16.3. The van der Waals surface area contributed by atoms with Crippen molar-refractivity contribution in [2.45, 2.75) is 10.9 Å². The van der Waals surface area contributed by atoms with E-state index in [4.69, 9.17) is 4.74 Å². The number of benzene rings is 2. The Bertz CT molecular complexity index is 964. The third-order valence-electron chi connectivity index (χ3n) is 3.86. The average molecular weight is 364 g/mol. The topological polar surface area (TPSA) is 70.7 Å². The predicted molar refractivity (Wildman–Crippen MR) is 98.8 cm³/mol. The number of hydrogen-bond acceptors (Lipinski definition) is 6. The molecule has 8 heteroatoms. The van der Waals surface area contributed by atoms with E-state index in [0.717, 1.165) is 28.0 Å². The van der Waals surface area contributed by atoms with Crippen molar-refractivity contribution in [3.63, 3.8) is 0 Å². The van der Waals surface area contributed by atoms with Crippen LogP contribution in [0.3, 0.4) is 0 Å². The van der Waals surface area contributed by atoms with Crippen molar-refractivity contribution in [3.8, 4) is 17.1 Å². The maximum atomic E-state index is 5.19. The maximum Gasteiger partial charge on any atom is 0.214 e. The van der Waals surface area contributed by atoms with Crippen molar-refractivity contribution < 1.29 is 4.74 Å². The van der Waals surface area contributed by atoms with Crippen LogP contribution in [0, 0.1) is 0 Å². The van der Waals surface area contributed by atoms with Crippen LogP contribution >= 0.6 is 11.8 Å². The van der Waals surface area contributed by atoms with E-state index >= 15 is 0 Å². The van der Waals surface area contributed by atoms with Crippen molar-refractivity contribution in [1.82, 2.24) is 29.8 Å². The van der Waals surface area contributed by atoms with Crippen LogP contribution in [0.25, 0.3) is 11.4 Å². The molecule has 0 saturated carbocycles. The van der Waals surface area contributed by atoms with Gasteiger partial charge in [-0.1, -0.05) is 23.9 Å². The average Bonchev–Trinajstić information content (AvgIpc) is 3.39. The van der Waals surface area contributed by atoms with Crippen LogP contribution in [0.15, 0.2) is 72.4 Å². The molecule has 130 valence electrons. The highest BCUT2D eigenvalue weighted by atomic mass is 32.2. The van der Waals surface area contributed by atoms with Crippen LogP contribution in [0.5, 0.6) is 5.75 Å². The number of hydrogen-bond donors (Lipinski definition) is 0. The molecule has 0 bridgehead atoms. The molecule has 0 unspecified atom stereocenters. The number of methoxy groups -OCH3 is 1. The lowest BCUT2D eigenvalue weighted by molar-refractivity contribution is 0.414. The van der Waals surface area contributed by atoms with E-state index < -0.39 is 0 Å². The maximum absolute atomic E-state index is 5.19. The van der Waals surface area contributed by atoms with Crippen LogP contribution < -0.4 is 4.74 Å². The summed E-state index contributed by atoms with van der Waals surface area (Å²) in [4.78, 5) is 4.07. The summed E-state index contributed by atoms with van der Waals surface area (Å²) in [6, 6.07) is 16.0. The third-order valence-corrected chi connectivity index (χ3v) is 4.86. The van der Waals surface area contributed by atoms with E-state index in [2.05, 4.69) is 44.8 Å². The van der Waals surface area contributed by atoms with E-state index in [1.807, 2.05) is 35.0 Å². The van der Waals surface area contributed by atoms with Crippen molar-refractivity contribution in [1.29, 1.82) is 0 Å². The monoisotopic (exact) mass is 364 g/mol. The molecule has 4 aromatic rings. The standard InChI is InChI=1S/C18H16N6OS/c1-25-17-8-6-16(7-9-17)24-18(20-21-22-24)26-12-14-2-4-15(5-3-14)23-11-10-19-13-23/h2-11,13H,12H2,1H3. The fraction of sp³-hybridized carbons (Fsp3) is 0.111. The summed E-state index contributed by atoms with van der Waals surface area (Å²) >= 11 is 1.59. The molecule has 0 atom stereocenters. The highest BCUT2D eigenvalue weighted by Gasteiger charge is 2.09. The number of thioether (sulfide) groups is 1. The molecule has 0 saturated heterocycles. The van der Waals surface area contributed by atoms with Gasteiger partial charge in [-0.15, -0.1) is 5.10 Å². The highest BCUT2D eigenvalue weighted by Crippen LogP contribution is 2.24. The molecule has 0 fully saturated rings. The molecule has 2 heterocycles. The van der Waals surface area contributed by atoms with Gasteiger partial charge in [0.15, 0.2) is 0 Å². The van der Waals surface area contributed by atoms with E-state index in [-0.39, 0.29) is 0 Å². The molecule has 0 amide bonds. The smallest absolute Gasteiger partial charge is 0.214 e. The van der Waals surface area contributed by atoms with Crippen molar-refractivity contribution in [3.05, 3.63) is 72.8 Å². The van der Waals surface area contributed by atoms with Gasteiger partial charge in [-0.2, -0.15) is 4.68 Å². The lowest BCUT2D eigenvalue weighted by Crippen LogP contribution is -1.99. The first-order chi connectivity index (χ1) is 12.8. The Labute approximate surface area is 154 Å². The summed E-state index contributed by atoms with van der Waals surface area (Å²) in [6.07, 6.45) is 5.47. The van der Waals surface area contributed by atoms with E-state index in [0.29, 0.717) is 0 Å².